The second-order valence-electron chi connectivity index (χ2n) is 12.6. The van der Waals surface area contributed by atoms with Crippen molar-refractivity contribution in [3.63, 3.8) is 0 Å². The molecule has 3 heterocycles. The number of fused-ring (bicyclic) bond motifs is 1. The van der Waals surface area contributed by atoms with Crippen LogP contribution in [0.2, 0.25) is 0 Å². The summed E-state index contributed by atoms with van der Waals surface area (Å²) in [5.74, 6) is -0.170. The monoisotopic (exact) mass is 739 g/mol. The molecule has 1 saturated heterocycles. The van der Waals surface area contributed by atoms with Crippen molar-refractivity contribution >= 4 is 44.3 Å². The van der Waals surface area contributed by atoms with Gasteiger partial charge in [0.05, 0.1) is 29.7 Å². The standard InChI is InChI=1S/C38H35F2N7O5S/c1-3-33(48)35-31-23-30(32(46(17-16-39)53(2,50)51)24-34(31)52-36(35)25-12-14-28(40)15-13-25)26-8-7-9-27(22-26)37(49)44-18-20-45(21-19-44)38-41-42-43-47(38)29-10-5-4-6-11-29/h4-15,22-24H,3,16-21H2,1-2H3. The zero-order valence-electron chi connectivity index (χ0n) is 28.9. The summed E-state index contributed by atoms with van der Waals surface area (Å²) >= 11 is 0. The third kappa shape index (κ3) is 6.99. The average Bonchev–Trinajstić information content (AvgIpc) is 3.82. The fourth-order valence-corrected chi connectivity index (χ4v) is 7.51. The van der Waals surface area contributed by atoms with E-state index in [-0.39, 0.29) is 40.7 Å². The number of alkyl halides is 1. The molecule has 4 aromatic carbocycles. The molecule has 12 nitrogen and oxygen atoms in total. The summed E-state index contributed by atoms with van der Waals surface area (Å²) in [6.07, 6.45) is 1.11. The lowest BCUT2D eigenvalue weighted by molar-refractivity contribution is 0.0746. The van der Waals surface area contributed by atoms with E-state index in [2.05, 4.69) is 15.5 Å². The van der Waals surface area contributed by atoms with Gasteiger partial charge in [-0.05, 0) is 70.6 Å². The van der Waals surface area contributed by atoms with Crippen molar-refractivity contribution < 1.29 is 31.2 Å². The molecule has 7 rings (SSSR count). The zero-order chi connectivity index (χ0) is 37.3. The van der Waals surface area contributed by atoms with Gasteiger partial charge in [0.25, 0.3) is 5.91 Å². The van der Waals surface area contributed by atoms with Gasteiger partial charge >= 0.3 is 0 Å². The van der Waals surface area contributed by atoms with Gasteiger partial charge in [0, 0.05) is 60.7 Å². The summed E-state index contributed by atoms with van der Waals surface area (Å²) in [6, 6.07) is 24.9. The Balaban J connectivity index is 1.26. The molecule has 0 bridgehead atoms. The number of furan rings is 1. The van der Waals surface area contributed by atoms with Crippen LogP contribution in [0.15, 0.2) is 95.4 Å². The number of para-hydroxylation sites is 1. The van der Waals surface area contributed by atoms with Crippen LogP contribution in [0, 0.1) is 5.82 Å². The first-order valence-electron chi connectivity index (χ1n) is 17.0. The maximum atomic E-state index is 13.9. The number of sulfonamides is 1. The minimum Gasteiger partial charge on any atom is -0.455 e. The second-order valence-corrected chi connectivity index (χ2v) is 14.5. The molecule has 272 valence electrons. The van der Waals surface area contributed by atoms with Crippen LogP contribution in [0.1, 0.15) is 34.1 Å². The number of carbonyl (C=O) groups excluding carboxylic acids is 2. The maximum Gasteiger partial charge on any atom is 0.253 e. The van der Waals surface area contributed by atoms with E-state index >= 15 is 0 Å². The Morgan fingerprint density at radius 1 is 0.906 bits per heavy atom. The molecule has 0 radical (unpaired) electrons. The van der Waals surface area contributed by atoms with Crippen LogP contribution in [0.5, 0.6) is 0 Å². The Morgan fingerprint density at radius 3 is 2.32 bits per heavy atom. The molecule has 1 amide bonds. The number of benzene rings is 4. The van der Waals surface area contributed by atoms with Crippen LogP contribution in [-0.4, -0.2) is 90.9 Å². The number of aromatic nitrogens is 4. The summed E-state index contributed by atoms with van der Waals surface area (Å²) < 4.78 is 62.7. The number of rotatable bonds is 11. The summed E-state index contributed by atoms with van der Waals surface area (Å²) in [5, 5.41) is 12.6. The van der Waals surface area contributed by atoms with Crippen molar-refractivity contribution in [2.75, 3.05) is 54.9 Å². The Bertz CT molecular complexity index is 2410. The van der Waals surface area contributed by atoms with Gasteiger partial charge < -0.3 is 14.2 Å². The second kappa shape index (κ2) is 14.6. The first kappa shape index (κ1) is 35.4. The first-order valence-corrected chi connectivity index (χ1v) is 18.8. The molecule has 0 spiro atoms. The molecular formula is C38H35F2N7O5S. The molecule has 0 N–H and O–H groups in total. The third-order valence-electron chi connectivity index (χ3n) is 9.19. The van der Waals surface area contributed by atoms with Gasteiger partial charge in [0.15, 0.2) is 5.78 Å². The molecule has 6 aromatic rings. The third-order valence-corrected chi connectivity index (χ3v) is 10.4. The van der Waals surface area contributed by atoms with E-state index in [1.54, 1.807) is 46.8 Å². The van der Waals surface area contributed by atoms with Gasteiger partial charge in [-0.3, -0.25) is 13.9 Å². The van der Waals surface area contributed by atoms with E-state index in [1.165, 1.54) is 30.3 Å². The molecule has 15 heteroatoms. The molecule has 1 aliphatic heterocycles. The van der Waals surface area contributed by atoms with Crippen molar-refractivity contribution in [3.05, 3.63) is 108 Å². The molecule has 1 fully saturated rings. The van der Waals surface area contributed by atoms with E-state index in [0.29, 0.717) is 59.8 Å². The molecule has 0 unspecified atom stereocenters. The highest BCUT2D eigenvalue weighted by atomic mass is 32.2. The number of hydrogen-bond acceptors (Lipinski definition) is 9. The minimum absolute atomic E-state index is 0.113. The predicted molar refractivity (Wildman–Crippen MR) is 197 cm³/mol. The highest BCUT2D eigenvalue weighted by Crippen LogP contribution is 2.42. The van der Waals surface area contributed by atoms with E-state index in [1.807, 2.05) is 35.2 Å². The van der Waals surface area contributed by atoms with Crippen molar-refractivity contribution in [1.82, 2.24) is 25.1 Å². The number of tetrazole rings is 1. The number of halogens is 2. The number of piperazine rings is 1. The van der Waals surface area contributed by atoms with Crippen LogP contribution < -0.4 is 9.21 Å². The van der Waals surface area contributed by atoms with Gasteiger partial charge in [0.1, 0.15) is 23.8 Å². The van der Waals surface area contributed by atoms with Crippen molar-refractivity contribution in [2.24, 2.45) is 0 Å². The first-order chi connectivity index (χ1) is 25.6. The molecular weight excluding hydrogens is 705 g/mol. The van der Waals surface area contributed by atoms with Crippen molar-refractivity contribution in [1.29, 1.82) is 0 Å². The topological polar surface area (TPSA) is 135 Å². The number of carbonyl (C=O) groups is 2. The van der Waals surface area contributed by atoms with Gasteiger partial charge in [0.2, 0.25) is 16.0 Å². The summed E-state index contributed by atoms with van der Waals surface area (Å²) in [6.45, 7) is 2.02. The number of Topliss-reactive ketones (excluding diaryl/α,β-unsaturated/α-hetero) is 1. The lowest BCUT2D eigenvalue weighted by Gasteiger charge is -2.35. The number of anilines is 2. The van der Waals surface area contributed by atoms with E-state index in [4.69, 9.17) is 4.42 Å². The fraction of sp³-hybridized carbons (Fsp3) is 0.237. The molecule has 53 heavy (non-hydrogen) atoms. The molecule has 0 saturated carbocycles. The molecule has 2 aromatic heterocycles. The van der Waals surface area contributed by atoms with Gasteiger partial charge in [-0.15, -0.1) is 0 Å². The smallest absolute Gasteiger partial charge is 0.253 e. The number of amides is 1. The average molecular weight is 740 g/mol. The van der Waals surface area contributed by atoms with Gasteiger partial charge in [-0.2, -0.15) is 4.68 Å². The SMILES string of the molecule is CCC(=O)c1c(-c2ccc(F)cc2)oc2cc(N(CCF)S(C)(=O)=O)c(-c3cccc(C(=O)N4CCN(c5nnnn5-c5ccccc5)CC4)c3)cc12. The molecule has 0 aliphatic carbocycles. The largest absolute Gasteiger partial charge is 0.455 e. The number of ketones is 1. The Hall–Kier alpha value is -5.96. The quantitative estimate of drug-likeness (QED) is 0.143. The summed E-state index contributed by atoms with van der Waals surface area (Å²) in [5.41, 5.74) is 3.00. The van der Waals surface area contributed by atoms with E-state index in [0.717, 1.165) is 16.2 Å². The van der Waals surface area contributed by atoms with Gasteiger partial charge in [-0.1, -0.05) is 42.4 Å². The minimum atomic E-state index is -4.00. The van der Waals surface area contributed by atoms with Crippen LogP contribution in [-0.2, 0) is 10.0 Å². The number of nitrogens with zero attached hydrogens (tertiary/aromatic N) is 7. The summed E-state index contributed by atoms with van der Waals surface area (Å²) in [7, 11) is -4.00. The van der Waals surface area contributed by atoms with Crippen molar-refractivity contribution in [2.45, 2.75) is 13.3 Å². The number of hydrogen-bond donors (Lipinski definition) is 0. The Kier molecular flexibility index (Phi) is 9.75. The van der Waals surface area contributed by atoms with Crippen LogP contribution in [0.25, 0.3) is 39.1 Å². The molecule has 1 aliphatic rings. The van der Waals surface area contributed by atoms with E-state index < -0.39 is 29.1 Å². The molecule has 0 atom stereocenters. The lowest BCUT2D eigenvalue weighted by atomic mass is 9.95. The van der Waals surface area contributed by atoms with E-state index in [9.17, 15) is 26.8 Å². The lowest BCUT2D eigenvalue weighted by Crippen LogP contribution is -2.49. The maximum absolute atomic E-state index is 13.9. The summed E-state index contributed by atoms with van der Waals surface area (Å²) in [4.78, 5) is 31.1. The van der Waals surface area contributed by atoms with Crippen molar-refractivity contribution in [3.8, 4) is 28.1 Å². The predicted octanol–water partition coefficient (Wildman–Crippen LogP) is 6.17. The highest BCUT2D eigenvalue weighted by molar-refractivity contribution is 7.92. The highest BCUT2D eigenvalue weighted by Gasteiger charge is 2.29. The Labute approximate surface area is 304 Å². The Morgan fingerprint density at radius 2 is 1.64 bits per heavy atom. The fourth-order valence-electron chi connectivity index (χ4n) is 6.60. The van der Waals surface area contributed by atoms with Crippen LogP contribution >= 0.6 is 0 Å². The normalized spacial score (nSPS) is 13.4. The van der Waals surface area contributed by atoms with Gasteiger partial charge in [-0.25, -0.2) is 17.2 Å². The van der Waals surface area contributed by atoms with Crippen LogP contribution in [0.4, 0.5) is 20.4 Å². The van der Waals surface area contributed by atoms with Crippen LogP contribution in [0.3, 0.4) is 0 Å². The zero-order valence-corrected chi connectivity index (χ0v) is 29.8.